The van der Waals surface area contributed by atoms with Crippen LogP contribution in [0.2, 0.25) is 10.0 Å². The second-order valence-corrected chi connectivity index (χ2v) is 6.46. The Labute approximate surface area is 162 Å². The average Bonchev–Trinajstić information content (AvgIpc) is 2.66. The first-order valence-corrected chi connectivity index (χ1v) is 8.88. The van der Waals surface area contributed by atoms with Crippen molar-refractivity contribution in [1.29, 1.82) is 0 Å². The molecular weight excluding hydrogens is 369 g/mol. The lowest BCUT2D eigenvalue weighted by Gasteiger charge is -2.12. The monoisotopic (exact) mass is 385 g/mol. The van der Waals surface area contributed by atoms with Gasteiger partial charge >= 0.3 is 0 Å². The number of nitrogens with zero attached hydrogens (tertiary/aromatic N) is 1. The van der Waals surface area contributed by atoms with Crippen molar-refractivity contribution in [3.63, 3.8) is 0 Å². The van der Waals surface area contributed by atoms with Crippen LogP contribution in [0.5, 0.6) is 0 Å². The molecule has 0 atom stereocenters. The van der Waals surface area contributed by atoms with E-state index in [2.05, 4.69) is 15.6 Å². The summed E-state index contributed by atoms with van der Waals surface area (Å²) in [7, 11) is 0. The van der Waals surface area contributed by atoms with Crippen LogP contribution in [-0.2, 0) is 6.42 Å². The molecule has 0 spiro atoms. The first-order valence-electron chi connectivity index (χ1n) is 8.13. The van der Waals surface area contributed by atoms with Gasteiger partial charge in [-0.05, 0) is 42.3 Å². The van der Waals surface area contributed by atoms with Crippen molar-refractivity contribution in [3.8, 4) is 0 Å². The molecule has 1 heterocycles. The van der Waals surface area contributed by atoms with Gasteiger partial charge in [-0.3, -0.25) is 4.79 Å². The van der Waals surface area contributed by atoms with Crippen molar-refractivity contribution in [2.24, 2.45) is 0 Å². The van der Waals surface area contributed by atoms with E-state index in [0.29, 0.717) is 33.7 Å². The fraction of sp³-hybridized carbons (Fsp3) is 0.100. The van der Waals surface area contributed by atoms with E-state index in [1.165, 1.54) is 5.56 Å². The lowest BCUT2D eigenvalue weighted by molar-refractivity contribution is 0.0954. The SMILES string of the molecule is O=C(NCCc1ccccc1)c1cccnc1Nc1ccc(Cl)c(Cl)c1. The fourth-order valence-corrected chi connectivity index (χ4v) is 2.76. The highest BCUT2D eigenvalue weighted by Crippen LogP contribution is 2.27. The van der Waals surface area contributed by atoms with Crippen LogP contribution in [0.4, 0.5) is 11.5 Å². The molecule has 0 radical (unpaired) electrons. The Bertz CT molecular complexity index is 901. The first-order chi connectivity index (χ1) is 12.6. The van der Waals surface area contributed by atoms with Crippen molar-refractivity contribution in [2.45, 2.75) is 6.42 Å². The Balaban J connectivity index is 1.67. The number of hydrogen-bond acceptors (Lipinski definition) is 3. The number of carbonyl (C=O) groups excluding carboxylic acids is 1. The molecule has 132 valence electrons. The highest BCUT2D eigenvalue weighted by Gasteiger charge is 2.12. The molecule has 0 unspecified atom stereocenters. The van der Waals surface area contributed by atoms with Crippen LogP contribution in [-0.4, -0.2) is 17.4 Å². The normalized spacial score (nSPS) is 10.4. The number of rotatable bonds is 6. The molecule has 2 N–H and O–H groups in total. The van der Waals surface area contributed by atoms with Crippen LogP contribution in [0.3, 0.4) is 0 Å². The summed E-state index contributed by atoms with van der Waals surface area (Å²) in [5, 5.41) is 6.94. The molecule has 3 aromatic rings. The standard InChI is InChI=1S/C20H17Cl2N3O/c21-17-9-8-15(13-18(17)22)25-19-16(7-4-11-23-19)20(26)24-12-10-14-5-2-1-3-6-14/h1-9,11,13H,10,12H2,(H,23,25)(H,24,26). The summed E-state index contributed by atoms with van der Waals surface area (Å²) in [5.74, 6) is 0.277. The van der Waals surface area contributed by atoms with Crippen LogP contribution in [0, 0.1) is 0 Å². The summed E-state index contributed by atoms with van der Waals surface area (Å²) in [6.07, 6.45) is 2.39. The average molecular weight is 386 g/mol. The number of amides is 1. The number of anilines is 2. The van der Waals surface area contributed by atoms with Gasteiger partial charge in [0.1, 0.15) is 5.82 Å². The largest absolute Gasteiger partial charge is 0.352 e. The third-order valence-electron chi connectivity index (χ3n) is 3.78. The number of pyridine rings is 1. The summed E-state index contributed by atoms with van der Waals surface area (Å²) in [6.45, 7) is 0.546. The fourth-order valence-electron chi connectivity index (χ4n) is 2.46. The minimum Gasteiger partial charge on any atom is -0.352 e. The third-order valence-corrected chi connectivity index (χ3v) is 4.52. The minimum absolute atomic E-state index is 0.184. The Morgan fingerprint density at radius 2 is 1.77 bits per heavy atom. The Hall–Kier alpha value is -2.56. The lowest BCUT2D eigenvalue weighted by Crippen LogP contribution is -2.26. The molecule has 2 aromatic carbocycles. The van der Waals surface area contributed by atoms with Crippen LogP contribution in [0.1, 0.15) is 15.9 Å². The Morgan fingerprint density at radius 3 is 2.54 bits per heavy atom. The van der Waals surface area contributed by atoms with E-state index in [-0.39, 0.29) is 5.91 Å². The van der Waals surface area contributed by atoms with E-state index in [1.807, 2.05) is 30.3 Å². The zero-order chi connectivity index (χ0) is 18.4. The third kappa shape index (κ3) is 4.75. The van der Waals surface area contributed by atoms with Crippen LogP contribution in [0.25, 0.3) is 0 Å². The van der Waals surface area contributed by atoms with Gasteiger partial charge in [0.15, 0.2) is 0 Å². The second kappa shape index (κ2) is 8.70. The van der Waals surface area contributed by atoms with Gasteiger partial charge in [0.05, 0.1) is 15.6 Å². The summed E-state index contributed by atoms with van der Waals surface area (Å²) in [6, 6.07) is 18.6. The van der Waals surface area contributed by atoms with Crippen LogP contribution in [0.15, 0.2) is 66.9 Å². The maximum Gasteiger partial charge on any atom is 0.255 e. The van der Waals surface area contributed by atoms with Crippen molar-refractivity contribution in [3.05, 3.63) is 88.0 Å². The first kappa shape index (κ1) is 18.2. The summed E-state index contributed by atoms with van der Waals surface area (Å²) < 4.78 is 0. The van der Waals surface area contributed by atoms with Crippen molar-refractivity contribution in [2.75, 3.05) is 11.9 Å². The molecule has 1 amide bonds. The zero-order valence-corrected chi connectivity index (χ0v) is 15.4. The molecule has 1 aromatic heterocycles. The molecule has 0 aliphatic heterocycles. The van der Waals surface area contributed by atoms with Gasteiger partial charge in [0.25, 0.3) is 5.91 Å². The molecule has 0 bridgehead atoms. The summed E-state index contributed by atoms with van der Waals surface area (Å²) in [5.41, 5.74) is 2.34. The predicted molar refractivity (Wildman–Crippen MR) is 106 cm³/mol. The van der Waals surface area contributed by atoms with E-state index in [9.17, 15) is 4.79 Å². The smallest absolute Gasteiger partial charge is 0.255 e. The molecule has 0 aliphatic carbocycles. The number of benzene rings is 2. The molecule has 3 rings (SSSR count). The zero-order valence-electron chi connectivity index (χ0n) is 13.9. The van der Waals surface area contributed by atoms with Crippen LogP contribution >= 0.6 is 23.2 Å². The van der Waals surface area contributed by atoms with E-state index in [4.69, 9.17) is 23.2 Å². The molecule has 0 aliphatic rings. The summed E-state index contributed by atoms with van der Waals surface area (Å²) >= 11 is 12.0. The molecule has 6 heteroatoms. The molecular formula is C20H17Cl2N3O. The van der Waals surface area contributed by atoms with E-state index in [1.54, 1.807) is 36.5 Å². The van der Waals surface area contributed by atoms with Gasteiger partial charge in [-0.1, -0.05) is 53.5 Å². The van der Waals surface area contributed by atoms with Crippen LogP contribution < -0.4 is 10.6 Å². The summed E-state index contributed by atoms with van der Waals surface area (Å²) in [4.78, 5) is 16.8. The van der Waals surface area contributed by atoms with Gasteiger partial charge < -0.3 is 10.6 Å². The van der Waals surface area contributed by atoms with Gasteiger partial charge in [0, 0.05) is 18.4 Å². The van der Waals surface area contributed by atoms with Crippen molar-refractivity contribution < 1.29 is 4.79 Å². The van der Waals surface area contributed by atoms with Gasteiger partial charge in [-0.25, -0.2) is 4.98 Å². The second-order valence-electron chi connectivity index (χ2n) is 5.64. The van der Waals surface area contributed by atoms with Gasteiger partial charge in [0.2, 0.25) is 0 Å². The van der Waals surface area contributed by atoms with Crippen molar-refractivity contribution in [1.82, 2.24) is 10.3 Å². The van der Waals surface area contributed by atoms with Crippen molar-refractivity contribution >= 4 is 40.6 Å². The number of carbonyl (C=O) groups is 1. The lowest BCUT2D eigenvalue weighted by atomic mass is 10.1. The van der Waals surface area contributed by atoms with E-state index < -0.39 is 0 Å². The minimum atomic E-state index is -0.184. The Morgan fingerprint density at radius 1 is 0.962 bits per heavy atom. The molecule has 0 saturated heterocycles. The highest BCUT2D eigenvalue weighted by molar-refractivity contribution is 6.42. The molecule has 0 saturated carbocycles. The van der Waals surface area contributed by atoms with E-state index in [0.717, 1.165) is 6.42 Å². The Kier molecular flexibility index (Phi) is 6.10. The highest BCUT2D eigenvalue weighted by atomic mass is 35.5. The maximum absolute atomic E-state index is 12.5. The van der Waals surface area contributed by atoms with Gasteiger partial charge in [-0.2, -0.15) is 0 Å². The number of aromatic nitrogens is 1. The quantitative estimate of drug-likeness (QED) is 0.620. The number of hydrogen-bond donors (Lipinski definition) is 2. The molecule has 4 nitrogen and oxygen atoms in total. The van der Waals surface area contributed by atoms with Gasteiger partial charge in [-0.15, -0.1) is 0 Å². The molecule has 26 heavy (non-hydrogen) atoms. The topological polar surface area (TPSA) is 54.0 Å². The van der Waals surface area contributed by atoms with E-state index >= 15 is 0 Å². The number of nitrogens with one attached hydrogen (secondary N) is 2. The predicted octanol–water partition coefficient (Wildman–Crippen LogP) is 5.10. The molecule has 0 fully saturated rings. The number of halogens is 2. The maximum atomic E-state index is 12.5.